The molecule has 0 saturated heterocycles. The van der Waals surface area contributed by atoms with Gasteiger partial charge in [0.2, 0.25) is 5.95 Å². The molecule has 0 spiro atoms. The lowest BCUT2D eigenvalue weighted by atomic mass is 10.3. The molecule has 0 atom stereocenters. The number of nitrogen functional groups attached to an aromatic ring is 1. The van der Waals surface area contributed by atoms with Crippen LogP contribution < -0.4 is 5.73 Å². The predicted molar refractivity (Wildman–Crippen MR) is 62.5 cm³/mol. The van der Waals surface area contributed by atoms with Crippen molar-refractivity contribution in [3.63, 3.8) is 0 Å². The number of imidazole rings is 1. The lowest BCUT2D eigenvalue weighted by Gasteiger charge is -2.08. The molecule has 3 nitrogen and oxygen atoms in total. The second-order valence-electron chi connectivity index (χ2n) is 3.62. The number of nitrogens with two attached hydrogens (primary N) is 1. The van der Waals surface area contributed by atoms with Crippen molar-refractivity contribution < 1.29 is 13.2 Å². The summed E-state index contributed by atoms with van der Waals surface area (Å²) in [6.07, 6.45) is -5.11. The van der Waals surface area contributed by atoms with E-state index < -0.39 is 12.6 Å². The van der Waals surface area contributed by atoms with Crippen LogP contribution in [0.15, 0.2) is 22.7 Å². The summed E-state index contributed by atoms with van der Waals surface area (Å²) in [4.78, 5) is 4.02. The molecule has 2 aromatic rings. The van der Waals surface area contributed by atoms with E-state index in [4.69, 9.17) is 5.73 Å². The summed E-state index contributed by atoms with van der Waals surface area (Å²) < 4.78 is 38.7. The maximum absolute atomic E-state index is 12.2. The minimum atomic E-state index is -4.20. The van der Waals surface area contributed by atoms with E-state index in [1.807, 2.05) is 0 Å². The maximum atomic E-state index is 12.2. The summed E-state index contributed by atoms with van der Waals surface area (Å²) in [5.74, 6) is 0.0994. The van der Waals surface area contributed by atoms with Crippen LogP contribution >= 0.6 is 15.9 Å². The van der Waals surface area contributed by atoms with Gasteiger partial charge in [-0.05, 0) is 18.2 Å². The molecule has 1 heterocycles. The number of hydrogen-bond acceptors (Lipinski definition) is 2. The zero-order chi connectivity index (χ0) is 12.6. The van der Waals surface area contributed by atoms with Gasteiger partial charge in [0.25, 0.3) is 0 Å². The van der Waals surface area contributed by atoms with Crippen molar-refractivity contribution in [1.29, 1.82) is 0 Å². The van der Waals surface area contributed by atoms with Crippen molar-refractivity contribution in [3.05, 3.63) is 22.7 Å². The summed E-state index contributed by atoms with van der Waals surface area (Å²) in [7, 11) is 0. The molecule has 7 heteroatoms. The summed E-state index contributed by atoms with van der Waals surface area (Å²) in [5.41, 5.74) is 6.79. The fourth-order valence-electron chi connectivity index (χ4n) is 1.60. The third-order valence-corrected chi connectivity index (χ3v) is 2.85. The fraction of sp³-hybridized carbons (Fsp3) is 0.300. The number of benzene rings is 1. The molecule has 0 aliphatic rings. The molecular weight excluding hydrogens is 299 g/mol. The Labute approximate surface area is 104 Å². The Balaban J connectivity index is 2.36. The van der Waals surface area contributed by atoms with Gasteiger partial charge in [0, 0.05) is 11.0 Å². The van der Waals surface area contributed by atoms with Crippen LogP contribution in [0.25, 0.3) is 11.0 Å². The normalized spacial score (nSPS) is 12.2. The van der Waals surface area contributed by atoms with Crippen molar-refractivity contribution in [2.75, 3.05) is 5.73 Å². The van der Waals surface area contributed by atoms with Gasteiger partial charge in [-0.3, -0.25) is 0 Å². The Kier molecular flexibility index (Phi) is 3.03. The number of rotatable bonds is 2. The van der Waals surface area contributed by atoms with Gasteiger partial charge in [0.1, 0.15) is 0 Å². The van der Waals surface area contributed by atoms with Crippen LogP contribution in [-0.4, -0.2) is 15.7 Å². The van der Waals surface area contributed by atoms with Gasteiger partial charge in [-0.2, -0.15) is 13.2 Å². The fourth-order valence-corrected chi connectivity index (χ4v) is 1.94. The van der Waals surface area contributed by atoms with Crippen LogP contribution in [0, 0.1) is 0 Å². The zero-order valence-corrected chi connectivity index (χ0v) is 10.2. The molecule has 2 rings (SSSR count). The predicted octanol–water partition coefficient (Wildman–Crippen LogP) is 3.33. The highest BCUT2D eigenvalue weighted by Gasteiger charge is 2.27. The van der Waals surface area contributed by atoms with Crippen molar-refractivity contribution in [2.24, 2.45) is 0 Å². The van der Waals surface area contributed by atoms with Gasteiger partial charge in [0.05, 0.1) is 17.5 Å². The van der Waals surface area contributed by atoms with E-state index in [0.29, 0.717) is 11.0 Å². The lowest BCUT2D eigenvalue weighted by molar-refractivity contribution is -0.136. The van der Waals surface area contributed by atoms with E-state index in [2.05, 4.69) is 20.9 Å². The van der Waals surface area contributed by atoms with Crippen LogP contribution in [0.2, 0.25) is 0 Å². The molecule has 2 N–H and O–H groups in total. The molecule has 0 aliphatic heterocycles. The van der Waals surface area contributed by atoms with E-state index in [-0.39, 0.29) is 12.5 Å². The average molecular weight is 308 g/mol. The van der Waals surface area contributed by atoms with Crippen molar-refractivity contribution in [1.82, 2.24) is 9.55 Å². The molecule has 0 bridgehead atoms. The van der Waals surface area contributed by atoms with Gasteiger partial charge in [-0.15, -0.1) is 0 Å². The van der Waals surface area contributed by atoms with Crippen molar-refractivity contribution >= 4 is 32.9 Å². The van der Waals surface area contributed by atoms with Crippen molar-refractivity contribution in [2.45, 2.75) is 19.1 Å². The first-order valence-electron chi connectivity index (χ1n) is 4.85. The number of aromatic nitrogens is 2. The van der Waals surface area contributed by atoms with E-state index in [9.17, 15) is 13.2 Å². The SMILES string of the molecule is Nc1nc2cc(Br)ccc2n1CCC(F)(F)F. The molecule has 17 heavy (non-hydrogen) atoms. The molecule has 0 amide bonds. The number of hydrogen-bond donors (Lipinski definition) is 1. The van der Waals surface area contributed by atoms with Gasteiger partial charge in [-0.1, -0.05) is 15.9 Å². The molecule has 0 radical (unpaired) electrons. The first-order valence-corrected chi connectivity index (χ1v) is 5.64. The summed E-state index contributed by atoms with van der Waals surface area (Å²) in [6.45, 7) is -0.215. The van der Waals surface area contributed by atoms with Crippen LogP contribution in [0.1, 0.15) is 6.42 Å². The van der Waals surface area contributed by atoms with Crippen LogP contribution in [0.5, 0.6) is 0 Å². The molecule has 0 saturated carbocycles. The highest BCUT2D eigenvalue weighted by molar-refractivity contribution is 9.10. The first kappa shape index (κ1) is 12.2. The van der Waals surface area contributed by atoms with Gasteiger partial charge in [0.15, 0.2) is 0 Å². The summed E-state index contributed by atoms with van der Waals surface area (Å²) in [6, 6.07) is 5.16. The Morgan fingerprint density at radius 3 is 2.71 bits per heavy atom. The molecule has 0 fully saturated rings. The largest absolute Gasteiger partial charge is 0.390 e. The molecule has 92 valence electrons. The monoisotopic (exact) mass is 307 g/mol. The highest BCUT2D eigenvalue weighted by Crippen LogP contribution is 2.25. The van der Waals surface area contributed by atoms with E-state index >= 15 is 0 Å². The van der Waals surface area contributed by atoms with Gasteiger partial charge < -0.3 is 10.3 Å². The second-order valence-corrected chi connectivity index (χ2v) is 4.54. The number of halogens is 4. The molecule has 1 aromatic carbocycles. The third-order valence-electron chi connectivity index (χ3n) is 2.36. The average Bonchev–Trinajstić information content (AvgIpc) is 2.48. The van der Waals surface area contributed by atoms with Gasteiger partial charge >= 0.3 is 6.18 Å². The minimum absolute atomic E-state index is 0.0994. The molecule has 0 unspecified atom stereocenters. The van der Waals surface area contributed by atoms with Gasteiger partial charge in [-0.25, -0.2) is 4.98 Å². The second kappa shape index (κ2) is 4.21. The van der Waals surface area contributed by atoms with Crippen LogP contribution in [-0.2, 0) is 6.54 Å². The smallest absolute Gasteiger partial charge is 0.369 e. The minimum Gasteiger partial charge on any atom is -0.369 e. The topological polar surface area (TPSA) is 43.8 Å². The Morgan fingerprint density at radius 1 is 1.35 bits per heavy atom. The Hall–Kier alpha value is -1.24. The maximum Gasteiger partial charge on any atom is 0.390 e. The molecule has 1 aromatic heterocycles. The third kappa shape index (κ3) is 2.71. The first-order chi connectivity index (χ1) is 7.87. The van der Waals surface area contributed by atoms with E-state index in [0.717, 1.165) is 4.47 Å². The lowest BCUT2D eigenvalue weighted by Crippen LogP contribution is -2.13. The quantitative estimate of drug-likeness (QED) is 0.925. The van der Waals surface area contributed by atoms with E-state index in [1.54, 1.807) is 18.2 Å². The van der Waals surface area contributed by atoms with Crippen LogP contribution in [0.3, 0.4) is 0 Å². The van der Waals surface area contributed by atoms with Crippen LogP contribution in [0.4, 0.5) is 19.1 Å². The summed E-state index contributed by atoms with van der Waals surface area (Å²) >= 11 is 3.27. The summed E-state index contributed by atoms with van der Waals surface area (Å²) in [5, 5.41) is 0. The zero-order valence-electron chi connectivity index (χ0n) is 8.63. The number of anilines is 1. The Morgan fingerprint density at radius 2 is 2.06 bits per heavy atom. The number of nitrogens with zero attached hydrogens (tertiary/aromatic N) is 2. The highest BCUT2D eigenvalue weighted by atomic mass is 79.9. The van der Waals surface area contributed by atoms with E-state index in [1.165, 1.54) is 4.57 Å². The number of fused-ring (bicyclic) bond motifs is 1. The molecule has 0 aliphatic carbocycles. The number of alkyl halides is 3. The molecular formula is C10H9BrF3N3. The standard InChI is InChI=1S/C10H9BrF3N3/c11-6-1-2-8-7(5-6)16-9(15)17(8)4-3-10(12,13)14/h1-2,5H,3-4H2,(H2,15,16). The van der Waals surface area contributed by atoms with Crippen molar-refractivity contribution in [3.8, 4) is 0 Å². The Bertz CT molecular complexity index is 547. The number of aryl methyl sites for hydroxylation is 1.